The van der Waals surface area contributed by atoms with Gasteiger partial charge < -0.3 is 10.4 Å². The summed E-state index contributed by atoms with van der Waals surface area (Å²) in [6.45, 7) is 5.21. The lowest BCUT2D eigenvalue weighted by atomic mass is 9.71. The molecule has 134 valence electrons. The van der Waals surface area contributed by atoms with Crippen molar-refractivity contribution in [1.29, 1.82) is 0 Å². The largest absolute Gasteiger partial charge is 0.396 e. The Balaban J connectivity index is 2.07. The number of hydrogen-bond acceptors (Lipinski definition) is 2. The first kappa shape index (κ1) is 19.0. The van der Waals surface area contributed by atoms with Gasteiger partial charge in [0, 0.05) is 13.2 Å². The van der Waals surface area contributed by atoms with Gasteiger partial charge in [0.05, 0.1) is 5.92 Å². The number of hydrogen-bond donors (Lipinski definition) is 2. The number of benzene rings is 1. The van der Waals surface area contributed by atoms with Crippen LogP contribution in [0.4, 0.5) is 0 Å². The van der Waals surface area contributed by atoms with Crippen LogP contribution >= 0.6 is 0 Å². The summed E-state index contributed by atoms with van der Waals surface area (Å²) in [6.07, 6.45) is 7.72. The monoisotopic (exact) mass is 331 g/mol. The van der Waals surface area contributed by atoms with Gasteiger partial charge in [0.1, 0.15) is 0 Å². The summed E-state index contributed by atoms with van der Waals surface area (Å²) in [5, 5.41) is 12.7. The SMILES string of the molecule is CC[C@@H](C)[C@H](C(=O)NCC1(CCO)CCCCC1)c1ccccc1. The van der Waals surface area contributed by atoms with Gasteiger partial charge in [-0.3, -0.25) is 4.79 Å². The summed E-state index contributed by atoms with van der Waals surface area (Å²) in [5.74, 6) is 0.358. The highest BCUT2D eigenvalue weighted by molar-refractivity contribution is 5.84. The molecule has 1 aliphatic rings. The van der Waals surface area contributed by atoms with Crippen LogP contribution in [0, 0.1) is 11.3 Å². The zero-order valence-corrected chi connectivity index (χ0v) is 15.3. The average Bonchev–Trinajstić information content (AvgIpc) is 2.62. The number of aliphatic hydroxyl groups excluding tert-OH is 1. The van der Waals surface area contributed by atoms with Crippen LogP contribution in [0.3, 0.4) is 0 Å². The Morgan fingerprint density at radius 3 is 2.46 bits per heavy atom. The second-order valence-corrected chi connectivity index (χ2v) is 7.53. The summed E-state index contributed by atoms with van der Waals surface area (Å²) in [6, 6.07) is 10.1. The minimum absolute atomic E-state index is 0.0917. The first-order chi connectivity index (χ1) is 11.6. The molecule has 1 saturated carbocycles. The Morgan fingerprint density at radius 1 is 1.21 bits per heavy atom. The number of carbonyl (C=O) groups excluding carboxylic acids is 1. The lowest BCUT2D eigenvalue weighted by molar-refractivity contribution is -0.124. The van der Waals surface area contributed by atoms with Crippen molar-refractivity contribution in [3.8, 4) is 0 Å². The van der Waals surface area contributed by atoms with Gasteiger partial charge in [-0.25, -0.2) is 0 Å². The summed E-state index contributed by atoms with van der Waals surface area (Å²) in [4.78, 5) is 13.0. The highest BCUT2D eigenvalue weighted by Gasteiger charge is 2.33. The predicted molar refractivity (Wildman–Crippen MR) is 98.9 cm³/mol. The maximum atomic E-state index is 13.0. The standard InChI is InChI=1S/C21H33NO2/c1-3-17(2)19(18-10-6-4-7-11-18)20(24)22-16-21(14-15-23)12-8-5-9-13-21/h4,6-7,10-11,17,19,23H,3,5,8-9,12-16H2,1-2H3,(H,22,24)/t17-,19+/m1/s1. The van der Waals surface area contributed by atoms with Gasteiger partial charge in [0.25, 0.3) is 0 Å². The third-order valence-electron chi connectivity index (χ3n) is 5.85. The van der Waals surface area contributed by atoms with E-state index < -0.39 is 0 Å². The molecule has 1 aliphatic carbocycles. The zero-order chi connectivity index (χ0) is 17.4. The Bertz CT molecular complexity index is 488. The summed E-state index contributed by atoms with van der Waals surface area (Å²) < 4.78 is 0. The topological polar surface area (TPSA) is 49.3 Å². The molecule has 24 heavy (non-hydrogen) atoms. The molecule has 0 bridgehead atoms. The van der Waals surface area contributed by atoms with Crippen LogP contribution in [-0.2, 0) is 4.79 Å². The zero-order valence-electron chi connectivity index (χ0n) is 15.3. The Kier molecular flexibility index (Phi) is 7.29. The van der Waals surface area contributed by atoms with Crippen LogP contribution in [0.5, 0.6) is 0 Å². The fourth-order valence-electron chi connectivity index (χ4n) is 4.07. The normalized spacial score (nSPS) is 19.5. The van der Waals surface area contributed by atoms with Gasteiger partial charge in [-0.2, -0.15) is 0 Å². The molecule has 0 aliphatic heterocycles. The van der Waals surface area contributed by atoms with E-state index in [0.717, 1.165) is 31.2 Å². The van der Waals surface area contributed by atoms with Gasteiger partial charge in [-0.1, -0.05) is 69.9 Å². The van der Waals surface area contributed by atoms with Gasteiger partial charge in [-0.05, 0) is 36.2 Å². The molecule has 1 aromatic carbocycles. The smallest absolute Gasteiger partial charge is 0.227 e. The highest BCUT2D eigenvalue weighted by Crippen LogP contribution is 2.39. The minimum Gasteiger partial charge on any atom is -0.396 e. The molecule has 0 heterocycles. The van der Waals surface area contributed by atoms with E-state index in [9.17, 15) is 9.90 Å². The van der Waals surface area contributed by atoms with Crippen molar-refractivity contribution >= 4 is 5.91 Å². The van der Waals surface area contributed by atoms with E-state index >= 15 is 0 Å². The number of aliphatic hydroxyl groups is 1. The molecule has 2 atom stereocenters. The number of amides is 1. The molecule has 3 nitrogen and oxygen atoms in total. The summed E-state index contributed by atoms with van der Waals surface area (Å²) in [5.41, 5.74) is 1.20. The van der Waals surface area contributed by atoms with Crippen molar-refractivity contribution in [2.75, 3.05) is 13.2 Å². The molecule has 0 radical (unpaired) electrons. The van der Waals surface area contributed by atoms with E-state index in [2.05, 4.69) is 31.3 Å². The molecule has 0 aromatic heterocycles. The highest BCUT2D eigenvalue weighted by atomic mass is 16.3. The number of carbonyl (C=O) groups is 1. The van der Waals surface area contributed by atoms with E-state index in [-0.39, 0.29) is 23.8 Å². The Hall–Kier alpha value is -1.35. The van der Waals surface area contributed by atoms with Crippen LogP contribution in [0.25, 0.3) is 0 Å². The van der Waals surface area contributed by atoms with Gasteiger partial charge >= 0.3 is 0 Å². The van der Waals surface area contributed by atoms with E-state index in [1.165, 1.54) is 19.3 Å². The average molecular weight is 331 g/mol. The first-order valence-corrected chi connectivity index (χ1v) is 9.55. The fraction of sp³-hybridized carbons (Fsp3) is 0.667. The van der Waals surface area contributed by atoms with Crippen molar-refractivity contribution < 1.29 is 9.90 Å². The second-order valence-electron chi connectivity index (χ2n) is 7.53. The van der Waals surface area contributed by atoms with Gasteiger partial charge in [0.2, 0.25) is 5.91 Å². The molecule has 2 N–H and O–H groups in total. The lowest BCUT2D eigenvalue weighted by Gasteiger charge is -2.37. The van der Waals surface area contributed by atoms with E-state index in [1.54, 1.807) is 0 Å². The molecule has 1 aromatic rings. The number of rotatable bonds is 8. The van der Waals surface area contributed by atoms with Crippen molar-refractivity contribution in [3.63, 3.8) is 0 Å². The lowest BCUT2D eigenvalue weighted by Crippen LogP contribution is -2.42. The molecular formula is C21H33NO2. The van der Waals surface area contributed by atoms with Crippen molar-refractivity contribution in [3.05, 3.63) is 35.9 Å². The van der Waals surface area contributed by atoms with Crippen LogP contribution in [0.15, 0.2) is 30.3 Å². The molecule has 1 fully saturated rings. The van der Waals surface area contributed by atoms with E-state index in [0.29, 0.717) is 12.5 Å². The molecule has 2 rings (SSSR count). The first-order valence-electron chi connectivity index (χ1n) is 9.55. The molecule has 0 unspecified atom stereocenters. The van der Waals surface area contributed by atoms with Crippen LogP contribution in [-0.4, -0.2) is 24.2 Å². The van der Waals surface area contributed by atoms with Crippen molar-refractivity contribution in [2.45, 2.75) is 64.7 Å². The summed E-state index contributed by atoms with van der Waals surface area (Å²) >= 11 is 0. The molecule has 1 amide bonds. The Labute approximate surface area is 146 Å². The fourth-order valence-corrected chi connectivity index (χ4v) is 4.07. The number of nitrogens with one attached hydrogen (secondary N) is 1. The maximum Gasteiger partial charge on any atom is 0.227 e. The van der Waals surface area contributed by atoms with Crippen molar-refractivity contribution in [1.82, 2.24) is 5.32 Å². The maximum absolute atomic E-state index is 13.0. The van der Waals surface area contributed by atoms with Crippen LogP contribution in [0.2, 0.25) is 0 Å². The third kappa shape index (κ3) is 4.83. The molecule has 3 heteroatoms. The molecule has 0 spiro atoms. The summed E-state index contributed by atoms with van der Waals surface area (Å²) in [7, 11) is 0. The van der Waals surface area contributed by atoms with E-state index in [1.807, 2.05) is 18.2 Å². The van der Waals surface area contributed by atoms with Crippen LogP contribution in [0.1, 0.15) is 70.3 Å². The Morgan fingerprint density at radius 2 is 1.88 bits per heavy atom. The molecule has 0 saturated heterocycles. The third-order valence-corrected chi connectivity index (χ3v) is 5.85. The predicted octanol–water partition coefficient (Wildman–Crippen LogP) is 4.27. The van der Waals surface area contributed by atoms with E-state index in [4.69, 9.17) is 0 Å². The van der Waals surface area contributed by atoms with Crippen LogP contribution < -0.4 is 5.32 Å². The molecular weight excluding hydrogens is 298 g/mol. The van der Waals surface area contributed by atoms with Crippen molar-refractivity contribution in [2.24, 2.45) is 11.3 Å². The minimum atomic E-state index is -0.0917. The van der Waals surface area contributed by atoms with Gasteiger partial charge in [-0.15, -0.1) is 0 Å². The van der Waals surface area contributed by atoms with Gasteiger partial charge in [0.15, 0.2) is 0 Å². The second kappa shape index (κ2) is 9.22. The quantitative estimate of drug-likeness (QED) is 0.747.